The highest BCUT2D eigenvalue weighted by Crippen LogP contribution is 2.20. The molecule has 1 aromatic carbocycles. The quantitative estimate of drug-likeness (QED) is 0.823. The molecule has 0 bridgehead atoms. The predicted molar refractivity (Wildman–Crippen MR) is 75.5 cm³/mol. The largest absolute Gasteiger partial charge is 0.398 e. The molecule has 0 aliphatic carbocycles. The lowest BCUT2D eigenvalue weighted by atomic mass is 10.2. The van der Waals surface area contributed by atoms with Crippen LogP contribution in [-0.4, -0.2) is 10.5 Å². The molecule has 5 nitrogen and oxygen atoms in total. The van der Waals surface area contributed by atoms with Crippen molar-refractivity contribution in [3.63, 3.8) is 0 Å². The number of anilines is 2. The van der Waals surface area contributed by atoms with Crippen LogP contribution in [0.15, 0.2) is 41.3 Å². The summed E-state index contributed by atoms with van der Waals surface area (Å²) in [6.45, 7) is 0. The van der Waals surface area contributed by atoms with Crippen LogP contribution >= 0.6 is 11.6 Å². The summed E-state index contributed by atoms with van der Waals surface area (Å²) in [5.74, 6) is -0.319. The summed E-state index contributed by atoms with van der Waals surface area (Å²) in [5.41, 5.74) is 6.77. The number of rotatable bonds is 2. The lowest BCUT2D eigenvalue weighted by molar-refractivity contribution is 0.102. The Balaban J connectivity index is 2.22. The maximum atomic E-state index is 12.0. The van der Waals surface area contributed by atoms with Crippen molar-refractivity contribution in [1.29, 1.82) is 0 Å². The van der Waals surface area contributed by atoms with Crippen LogP contribution < -0.4 is 16.6 Å². The Kier molecular flexibility index (Phi) is 3.57. The number of nitrogen functional groups attached to an aromatic ring is 1. The van der Waals surface area contributed by atoms with E-state index in [9.17, 15) is 9.59 Å². The second-order valence-corrected chi connectivity index (χ2v) is 4.46. The molecule has 1 amide bonds. The summed E-state index contributed by atoms with van der Waals surface area (Å²) in [4.78, 5) is 23.2. The van der Waals surface area contributed by atoms with Crippen LogP contribution in [0.5, 0.6) is 0 Å². The normalized spacial score (nSPS) is 10.2. The minimum Gasteiger partial charge on any atom is -0.398 e. The molecule has 2 aromatic rings. The van der Waals surface area contributed by atoms with Crippen molar-refractivity contribution >= 4 is 28.9 Å². The fourth-order valence-corrected chi connectivity index (χ4v) is 1.72. The van der Waals surface area contributed by atoms with Crippen LogP contribution in [0.4, 0.5) is 11.4 Å². The maximum Gasteiger partial charge on any atom is 0.255 e. The third kappa shape index (κ3) is 2.95. The van der Waals surface area contributed by atoms with Crippen molar-refractivity contribution in [1.82, 2.24) is 4.57 Å². The number of carbonyl (C=O) groups excluding carboxylic acids is 1. The SMILES string of the molecule is Cn1cc(NC(=O)c2ccc(N)c(Cl)c2)ccc1=O. The molecule has 0 saturated heterocycles. The number of carbonyl (C=O) groups is 1. The van der Waals surface area contributed by atoms with Crippen molar-refractivity contribution < 1.29 is 4.79 Å². The molecule has 1 aromatic heterocycles. The number of hydrogen-bond acceptors (Lipinski definition) is 3. The summed E-state index contributed by atoms with van der Waals surface area (Å²) in [5, 5.41) is 3.00. The van der Waals surface area contributed by atoms with E-state index in [2.05, 4.69) is 5.32 Å². The standard InChI is InChI=1S/C13H12ClN3O2/c1-17-7-9(3-5-12(17)18)16-13(19)8-2-4-11(15)10(14)6-8/h2-7H,15H2,1H3,(H,16,19). The predicted octanol–water partition coefficient (Wildman–Crippen LogP) is 1.87. The van der Waals surface area contributed by atoms with E-state index in [4.69, 9.17) is 17.3 Å². The molecule has 0 aliphatic rings. The van der Waals surface area contributed by atoms with Gasteiger partial charge in [0, 0.05) is 24.9 Å². The second kappa shape index (κ2) is 5.16. The number of amides is 1. The van der Waals surface area contributed by atoms with Gasteiger partial charge >= 0.3 is 0 Å². The highest BCUT2D eigenvalue weighted by atomic mass is 35.5. The van der Waals surface area contributed by atoms with Crippen LogP contribution in [0.3, 0.4) is 0 Å². The molecule has 98 valence electrons. The van der Waals surface area contributed by atoms with Crippen LogP contribution in [0, 0.1) is 0 Å². The summed E-state index contributed by atoms with van der Waals surface area (Å²) in [6, 6.07) is 7.56. The van der Waals surface area contributed by atoms with E-state index in [0.29, 0.717) is 22.0 Å². The van der Waals surface area contributed by atoms with Gasteiger partial charge in [0.15, 0.2) is 0 Å². The molecule has 0 spiro atoms. The van der Waals surface area contributed by atoms with E-state index in [1.165, 1.54) is 16.7 Å². The van der Waals surface area contributed by atoms with E-state index >= 15 is 0 Å². The number of halogens is 1. The molecular weight excluding hydrogens is 266 g/mol. The molecule has 0 atom stereocenters. The number of aryl methyl sites for hydroxylation is 1. The topological polar surface area (TPSA) is 77.1 Å². The molecule has 0 unspecified atom stereocenters. The van der Waals surface area contributed by atoms with Gasteiger partial charge in [-0.2, -0.15) is 0 Å². The van der Waals surface area contributed by atoms with Crippen molar-refractivity contribution in [3.8, 4) is 0 Å². The van der Waals surface area contributed by atoms with Gasteiger partial charge in [-0.1, -0.05) is 11.6 Å². The molecule has 6 heteroatoms. The number of nitrogens with one attached hydrogen (secondary N) is 1. The van der Waals surface area contributed by atoms with Crippen LogP contribution in [0.25, 0.3) is 0 Å². The zero-order valence-electron chi connectivity index (χ0n) is 10.2. The van der Waals surface area contributed by atoms with Crippen molar-refractivity contribution in [2.45, 2.75) is 0 Å². The number of nitrogens with two attached hydrogens (primary N) is 1. The van der Waals surface area contributed by atoms with Gasteiger partial charge in [0.25, 0.3) is 5.91 Å². The summed E-state index contributed by atoms with van der Waals surface area (Å²) in [6.07, 6.45) is 1.54. The number of aromatic nitrogens is 1. The van der Waals surface area contributed by atoms with Crippen LogP contribution in [-0.2, 0) is 7.05 Å². The first-order valence-corrected chi connectivity index (χ1v) is 5.88. The Morgan fingerprint density at radius 3 is 2.68 bits per heavy atom. The molecule has 0 aliphatic heterocycles. The van der Waals surface area contributed by atoms with Crippen molar-refractivity contribution in [2.75, 3.05) is 11.1 Å². The lowest BCUT2D eigenvalue weighted by Gasteiger charge is -2.07. The molecule has 0 saturated carbocycles. The van der Waals surface area contributed by atoms with Crippen molar-refractivity contribution in [2.24, 2.45) is 7.05 Å². The van der Waals surface area contributed by atoms with Gasteiger partial charge < -0.3 is 15.6 Å². The lowest BCUT2D eigenvalue weighted by Crippen LogP contribution is -2.18. The average Bonchev–Trinajstić information content (AvgIpc) is 2.37. The first-order valence-electron chi connectivity index (χ1n) is 5.50. The van der Waals surface area contributed by atoms with Gasteiger partial charge in [-0.05, 0) is 24.3 Å². The highest BCUT2D eigenvalue weighted by Gasteiger charge is 2.08. The van der Waals surface area contributed by atoms with E-state index in [-0.39, 0.29) is 11.5 Å². The fourth-order valence-electron chi connectivity index (χ4n) is 1.54. The molecule has 0 radical (unpaired) electrons. The Morgan fingerprint density at radius 2 is 2.05 bits per heavy atom. The van der Waals surface area contributed by atoms with E-state index in [1.54, 1.807) is 31.4 Å². The van der Waals surface area contributed by atoms with Crippen LogP contribution in [0.1, 0.15) is 10.4 Å². The number of benzene rings is 1. The average molecular weight is 278 g/mol. The van der Waals surface area contributed by atoms with Crippen molar-refractivity contribution in [3.05, 3.63) is 57.5 Å². The Labute approximate surface area is 114 Å². The van der Waals surface area contributed by atoms with Crippen LogP contribution in [0.2, 0.25) is 5.02 Å². The minimum atomic E-state index is -0.319. The third-order valence-electron chi connectivity index (χ3n) is 2.61. The molecule has 2 rings (SSSR count). The third-order valence-corrected chi connectivity index (χ3v) is 2.93. The molecule has 3 N–H and O–H groups in total. The second-order valence-electron chi connectivity index (χ2n) is 4.06. The maximum absolute atomic E-state index is 12.0. The molecule has 0 fully saturated rings. The smallest absolute Gasteiger partial charge is 0.255 e. The first-order chi connectivity index (χ1) is 8.97. The van der Waals surface area contributed by atoms with Gasteiger partial charge in [0.1, 0.15) is 0 Å². The van der Waals surface area contributed by atoms with E-state index < -0.39 is 0 Å². The Hall–Kier alpha value is -2.27. The minimum absolute atomic E-state index is 0.145. The monoisotopic (exact) mass is 277 g/mol. The molecule has 1 heterocycles. The van der Waals surface area contributed by atoms with Gasteiger partial charge in [-0.25, -0.2) is 0 Å². The van der Waals surface area contributed by atoms with Gasteiger partial charge in [0.2, 0.25) is 5.56 Å². The molecule has 19 heavy (non-hydrogen) atoms. The zero-order valence-corrected chi connectivity index (χ0v) is 10.9. The fraction of sp³-hybridized carbons (Fsp3) is 0.0769. The van der Waals surface area contributed by atoms with Gasteiger partial charge in [-0.15, -0.1) is 0 Å². The zero-order chi connectivity index (χ0) is 14.0. The van der Waals surface area contributed by atoms with E-state index in [0.717, 1.165) is 0 Å². The van der Waals surface area contributed by atoms with E-state index in [1.807, 2.05) is 0 Å². The Morgan fingerprint density at radius 1 is 1.32 bits per heavy atom. The highest BCUT2D eigenvalue weighted by molar-refractivity contribution is 6.33. The number of hydrogen-bond donors (Lipinski definition) is 2. The van der Waals surface area contributed by atoms with Gasteiger partial charge in [-0.3, -0.25) is 9.59 Å². The first kappa shape index (κ1) is 13.2. The summed E-state index contributed by atoms with van der Waals surface area (Å²) >= 11 is 5.86. The summed E-state index contributed by atoms with van der Waals surface area (Å²) < 4.78 is 1.38. The van der Waals surface area contributed by atoms with Gasteiger partial charge in [0.05, 0.1) is 16.4 Å². The number of pyridine rings is 1. The summed E-state index contributed by atoms with van der Waals surface area (Å²) in [7, 11) is 1.61. The number of nitrogens with zero attached hydrogens (tertiary/aromatic N) is 1. The Bertz CT molecular complexity index is 695. The molecular formula is C13H12ClN3O2.